The van der Waals surface area contributed by atoms with Gasteiger partial charge in [-0.2, -0.15) is 0 Å². The normalized spacial score (nSPS) is 23.3. The largest absolute Gasteiger partial charge is 0.494 e. The lowest BCUT2D eigenvalue weighted by Crippen LogP contribution is -2.06. The summed E-state index contributed by atoms with van der Waals surface area (Å²) >= 11 is 0. The summed E-state index contributed by atoms with van der Waals surface area (Å²) in [7, 11) is 1.54. The van der Waals surface area contributed by atoms with Crippen molar-refractivity contribution in [2.24, 2.45) is 5.92 Å². The molecular weight excluding hydrogens is 353 g/mol. The molecular formula is C23H22FN3O. The minimum Gasteiger partial charge on any atom is -0.494 e. The quantitative estimate of drug-likeness (QED) is 0.741. The van der Waals surface area contributed by atoms with Crippen LogP contribution in [0.15, 0.2) is 54.0 Å². The van der Waals surface area contributed by atoms with Gasteiger partial charge in [0, 0.05) is 25.0 Å². The van der Waals surface area contributed by atoms with Crippen LogP contribution in [0.1, 0.15) is 48.3 Å². The summed E-state index contributed by atoms with van der Waals surface area (Å²) in [4.78, 5) is 13.6. The van der Waals surface area contributed by atoms with Gasteiger partial charge in [-0.05, 0) is 66.4 Å². The number of rotatable bonds is 4. The van der Waals surface area contributed by atoms with Crippen molar-refractivity contribution in [3.05, 3.63) is 70.7 Å². The van der Waals surface area contributed by atoms with Crippen LogP contribution in [0.25, 0.3) is 17.6 Å². The minimum atomic E-state index is -0.141. The minimum absolute atomic E-state index is 0.141. The number of hydrogen-bond acceptors (Lipinski definition) is 4. The maximum atomic E-state index is 13.8. The van der Waals surface area contributed by atoms with Crippen molar-refractivity contribution in [3.63, 3.8) is 0 Å². The molecule has 5 heteroatoms. The van der Waals surface area contributed by atoms with E-state index in [1.807, 2.05) is 18.3 Å². The fourth-order valence-electron chi connectivity index (χ4n) is 4.48. The first-order valence-electron chi connectivity index (χ1n) is 9.85. The van der Waals surface area contributed by atoms with Crippen molar-refractivity contribution < 1.29 is 9.13 Å². The molecule has 1 saturated carbocycles. The van der Waals surface area contributed by atoms with Crippen LogP contribution in [-0.2, 0) is 11.2 Å². The molecule has 0 radical (unpaired) electrons. The van der Waals surface area contributed by atoms with Crippen LogP contribution in [0.3, 0.4) is 0 Å². The average molecular weight is 375 g/mol. The highest BCUT2D eigenvalue weighted by molar-refractivity contribution is 5.70. The Morgan fingerprint density at radius 1 is 1.07 bits per heavy atom. The van der Waals surface area contributed by atoms with E-state index in [2.05, 4.69) is 22.1 Å². The number of fused-ring (bicyclic) bond motifs is 1. The van der Waals surface area contributed by atoms with Crippen LogP contribution in [0.4, 0.5) is 4.39 Å². The molecule has 2 aromatic heterocycles. The van der Waals surface area contributed by atoms with Gasteiger partial charge in [0.2, 0.25) is 0 Å². The van der Waals surface area contributed by atoms with Crippen molar-refractivity contribution in [2.75, 3.05) is 7.11 Å². The molecule has 5 rings (SSSR count). The first-order valence-corrected chi connectivity index (χ1v) is 9.85. The molecule has 2 unspecified atom stereocenters. The molecule has 2 aromatic rings. The van der Waals surface area contributed by atoms with Crippen LogP contribution in [0, 0.1) is 5.92 Å². The molecule has 2 heterocycles. The van der Waals surface area contributed by atoms with Gasteiger partial charge >= 0.3 is 0 Å². The molecule has 0 N–H and O–H groups in total. The van der Waals surface area contributed by atoms with Gasteiger partial charge in [-0.3, -0.25) is 4.98 Å². The number of allylic oxidation sites excluding steroid dienone is 4. The lowest BCUT2D eigenvalue weighted by molar-refractivity contribution is 0.283. The molecule has 0 spiro atoms. The molecule has 2 atom stereocenters. The number of ether oxygens (including phenoxy) is 1. The second-order valence-corrected chi connectivity index (χ2v) is 7.61. The summed E-state index contributed by atoms with van der Waals surface area (Å²) in [6, 6.07) is 1.82. The Kier molecular flexibility index (Phi) is 4.30. The van der Waals surface area contributed by atoms with Gasteiger partial charge in [0.05, 0.1) is 7.11 Å². The zero-order chi connectivity index (χ0) is 19.1. The zero-order valence-corrected chi connectivity index (χ0v) is 15.9. The Labute approximate surface area is 163 Å². The third-order valence-electron chi connectivity index (χ3n) is 5.98. The molecule has 0 aliphatic heterocycles. The van der Waals surface area contributed by atoms with E-state index in [1.54, 1.807) is 12.4 Å². The topological polar surface area (TPSA) is 47.9 Å². The second-order valence-electron chi connectivity index (χ2n) is 7.61. The van der Waals surface area contributed by atoms with E-state index in [1.165, 1.54) is 29.4 Å². The lowest BCUT2D eigenvalue weighted by atomic mass is 9.89. The molecule has 0 saturated heterocycles. The highest BCUT2D eigenvalue weighted by Crippen LogP contribution is 2.55. The van der Waals surface area contributed by atoms with Crippen molar-refractivity contribution in [1.29, 1.82) is 0 Å². The molecule has 4 nitrogen and oxygen atoms in total. The Hall–Kier alpha value is -2.82. The van der Waals surface area contributed by atoms with Crippen molar-refractivity contribution in [2.45, 2.75) is 38.0 Å². The number of methoxy groups -OCH3 is 1. The van der Waals surface area contributed by atoms with Crippen LogP contribution in [-0.4, -0.2) is 22.1 Å². The highest BCUT2D eigenvalue weighted by atomic mass is 19.1. The predicted octanol–water partition coefficient (Wildman–Crippen LogP) is 5.15. The van der Waals surface area contributed by atoms with Crippen LogP contribution >= 0.6 is 0 Å². The first-order chi connectivity index (χ1) is 13.8. The van der Waals surface area contributed by atoms with E-state index in [0.29, 0.717) is 29.8 Å². The van der Waals surface area contributed by atoms with E-state index < -0.39 is 0 Å². The second kappa shape index (κ2) is 6.97. The smallest absolute Gasteiger partial charge is 0.178 e. The summed E-state index contributed by atoms with van der Waals surface area (Å²) in [6.45, 7) is 0. The Bertz CT molecular complexity index is 1010. The van der Waals surface area contributed by atoms with Crippen molar-refractivity contribution in [1.82, 2.24) is 15.0 Å². The van der Waals surface area contributed by atoms with Gasteiger partial charge in [-0.1, -0.05) is 17.7 Å². The van der Waals surface area contributed by atoms with E-state index in [4.69, 9.17) is 9.72 Å². The summed E-state index contributed by atoms with van der Waals surface area (Å²) in [5.41, 5.74) is 6.02. The van der Waals surface area contributed by atoms with Gasteiger partial charge in [0.25, 0.3) is 0 Å². The molecule has 0 amide bonds. The first kappa shape index (κ1) is 17.3. The van der Waals surface area contributed by atoms with Crippen LogP contribution in [0.5, 0.6) is 0 Å². The number of nitrogens with zero attached hydrogens (tertiary/aromatic N) is 3. The maximum absolute atomic E-state index is 13.8. The molecule has 0 aromatic carbocycles. The van der Waals surface area contributed by atoms with Gasteiger partial charge in [0.1, 0.15) is 17.3 Å². The number of hydrogen-bond donors (Lipinski definition) is 0. The highest BCUT2D eigenvalue weighted by Gasteiger charge is 2.43. The van der Waals surface area contributed by atoms with E-state index in [9.17, 15) is 4.39 Å². The Morgan fingerprint density at radius 3 is 2.75 bits per heavy atom. The van der Waals surface area contributed by atoms with Gasteiger partial charge in [-0.25, -0.2) is 14.4 Å². The third-order valence-corrected chi connectivity index (χ3v) is 5.98. The van der Waals surface area contributed by atoms with E-state index in [0.717, 1.165) is 31.4 Å². The molecule has 142 valence electrons. The fourth-order valence-corrected chi connectivity index (χ4v) is 4.48. The SMILES string of the molecule is COC1=C(F)CCC(C2CC2c2cnc(-c3ncccn3)c3c2C=CCC3)=C1. The monoisotopic (exact) mass is 375 g/mol. The van der Waals surface area contributed by atoms with Gasteiger partial charge in [0.15, 0.2) is 5.82 Å². The van der Waals surface area contributed by atoms with Crippen LogP contribution < -0.4 is 0 Å². The Morgan fingerprint density at radius 2 is 1.93 bits per heavy atom. The third kappa shape index (κ3) is 2.95. The summed E-state index contributed by atoms with van der Waals surface area (Å²) in [5, 5.41) is 0. The molecule has 0 bridgehead atoms. The van der Waals surface area contributed by atoms with Gasteiger partial charge in [-0.15, -0.1) is 0 Å². The summed E-state index contributed by atoms with van der Waals surface area (Å²) in [6.07, 6.45) is 16.2. The summed E-state index contributed by atoms with van der Waals surface area (Å²) in [5.74, 6) is 1.84. The molecule has 1 fully saturated rings. The fraction of sp³-hybridized carbons (Fsp3) is 0.348. The standard InChI is InChI=1S/C23H22FN3O/c1-28-21-11-14(7-8-20(21)24)17-12-18(17)19-13-27-22(23-25-9-4-10-26-23)16-6-3-2-5-15(16)19/h2,4-5,9-11,13,17-18H,3,6-8,12H2,1H3. The average Bonchev–Trinajstić information content (AvgIpc) is 3.54. The van der Waals surface area contributed by atoms with Crippen LogP contribution in [0.2, 0.25) is 0 Å². The van der Waals surface area contributed by atoms with E-state index in [-0.39, 0.29) is 5.83 Å². The number of aromatic nitrogens is 3. The maximum Gasteiger partial charge on any atom is 0.178 e. The predicted molar refractivity (Wildman–Crippen MR) is 106 cm³/mol. The number of pyridine rings is 1. The molecule has 3 aliphatic carbocycles. The van der Waals surface area contributed by atoms with Gasteiger partial charge < -0.3 is 4.74 Å². The zero-order valence-electron chi connectivity index (χ0n) is 15.9. The van der Waals surface area contributed by atoms with E-state index >= 15 is 0 Å². The Balaban J connectivity index is 1.49. The molecule has 3 aliphatic rings. The van der Waals surface area contributed by atoms with Crippen molar-refractivity contribution in [3.8, 4) is 11.5 Å². The summed E-state index contributed by atoms with van der Waals surface area (Å²) < 4.78 is 19.0. The van der Waals surface area contributed by atoms with Crippen molar-refractivity contribution >= 4 is 6.08 Å². The number of halogens is 1. The lowest BCUT2D eigenvalue weighted by Gasteiger charge is -2.19. The molecule has 28 heavy (non-hydrogen) atoms.